The monoisotopic (exact) mass is 308 g/mol. The number of carbonyl (C=O) groups is 1. The van der Waals surface area contributed by atoms with Gasteiger partial charge >= 0.3 is 6.09 Å². The molecule has 5 heteroatoms. The summed E-state index contributed by atoms with van der Waals surface area (Å²) in [7, 11) is 1.64. The molecule has 1 atom stereocenters. The smallest absolute Gasteiger partial charge is 0.407 e. The highest BCUT2D eigenvalue weighted by molar-refractivity contribution is 5.68. The van der Waals surface area contributed by atoms with E-state index in [1.54, 1.807) is 7.11 Å². The van der Waals surface area contributed by atoms with Crippen LogP contribution >= 0.6 is 0 Å². The van der Waals surface area contributed by atoms with Crippen molar-refractivity contribution in [1.29, 1.82) is 0 Å². The number of ether oxygens (including phenoxy) is 2. The summed E-state index contributed by atoms with van der Waals surface area (Å²) < 4.78 is 10.8. The summed E-state index contributed by atoms with van der Waals surface area (Å²) in [5.74, 6) is 0.807. The van der Waals surface area contributed by atoms with Gasteiger partial charge in [-0.3, -0.25) is 0 Å². The molecule has 3 N–H and O–H groups in total. The SMILES string of the molecule is COc1c(C)cccc1C(C)(CN)CNC(=O)OC(C)(C)C. The van der Waals surface area contributed by atoms with Gasteiger partial charge in [-0.05, 0) is 33.3 Å². The molecule has 124 valence electrons. The van der Waals surface area contributed by atoms with Gasteiger partial charge in [0.2, 0.25) is 0 Å². The number of nitrogens with two attached hydrogens (primary N) is 1. The molecule has 0 heterocycles. The van der Waals surface area contributed by atoms with Crippen molar-refractivity contribution < 1.29 is 14.3 Å². The maximum atomic E-state index is 11.9. The minimum Gasteiger partial charge on any atom is -0.496 e. The molecule has 0 aliphatic rings. The Hall–Kier alpha value is -1.75. The van der Waals surface area contributed by atoms with Crippen molar-refractivity contribution in [3.63, 3.8) is 0 Å². The van der Waals surface area contributed by atoms with Crippen molar-refractivity contribution in [2.24, 2.45) is 5.73 Å². The van der Waals surface area contributed by atoms with E-state index >= 15 is 0 Å². The average molecular weight is 308 g/mol. The summed E-state index contributed by atoms with van der Waals surface area (Å²) >= 11 is 0. The van der Waals surface area contributed by atoms with Crippen LogP contribution < -0.4 is 15.8 Å². The maximum absolute atomic E-state index is 11.9. The Morgan fingerprint density at radius 1 is 1.27 bits per heavy atom. The molecule has 0 aromatic heterocycles. The lowest BCUT2D eigenvalue weighted by atomic mass is 9.81. The first kappa shape index (κ1) is 18.3. The Bertz CT molecular complexity index is 523. The van der Waals surface area contributed by atoms with E-state index in [2.05, 4.69) is 5.32 Å². The lowest BCUT2D eigenvalue weighted by Crippen LogP contribution is -2.45. The molecular formula is C17H28N2O3. The Balaban J connectivity index is 2.94. The highest BCUT2D eigenvalue weighted by Gasteiger charge is 2.30. The minimum absolute atomic E-state index is 0.373. The minimum atomic E-state index is -0.524. The molecule has 1 unspecified atom stereocenters. The quantitative estimate of drug-likeness (QED) is 0.877. The van der Waals surface area contributed by atoms with Crippen LogP contribution in [0.2, 0.25) is 0 Å². The van der Waals surface area contributed by atoms with Crippen molar-refractivity contribution in [2.45, 2.75) is 45.6 Å². The fourth-order valence-electron chi connectivity index (χ4n) is 2.26. The molecular weight excluding hydrogens is 280 g/mol. The van der Waals surface area contributed by atoms with E-state index in [1.165, 1.54) is 0 Å². The molecule has 22 heavy (non-hydrogen) atoms. The van der Waals surface area contributed by atoms with Crippen LogP contribution in [-0.4, -0.2) is 31.9 Å². The molecule has 1 aromatic carbocycles. The second-order valence-corrected chi connectivity index (χ2v) is 6.78. The largest absolute Gasteiger partial charge is 0.496 e. The summed E-state index contributed by atoms with van der Waals surface area (Å²) in [6.45, 7) is 10.2. The van der Waals surface area contributed by atoms with Gasteiger partial charge in [0.05, 0.1) is 7.11 Å². The Labute approximate surface area is 133 Å². The molecule has 1 rings (SSSR count). The van der Waals surface area contributed by atoms with E-state index in [9.17, 15) is 4.79 Å². The van der Waals surface area contributed by atoms with E-state index in [0.29, 0.717) is 13.1 Å². The third-order valence-corrected chi connectivity index (χ3v) is 3.54. The van der Waals surface area contributed by atoms with Gasteiger partial charge in [0, 0.05) is 24.1 Å². The molecule has 0 saturated carbocycles. The first-order chi connectivity index (χ1) is 10.1. The van der Waals surface area contributed by atoms with Crippen molar-refractivity contribution >= 4 is 6.09 Å². The predicted molar refractivity (Wildman–Crippen MR) is 88.4 cm³/mol. The number of nitrogens with one attached hydrogen (secondary N) is 1. The number of rotatable bonds is 5. The van der Waals surface area contributed by atoms with Crippen molar-refractivity contribution in [1.82, 2.24) is 5.32 Å². The number of amides is 1. The number of benzene rings is 1. The number of hydrogen-bond acceptors (Lipinski definition) is 4. The Morgan fingerprint density at radius 3 is 2.41 bits per heavy atom. The Morgan fingerprint density at radius 2 is 1.91 bits per heavy atom. The normalized spacial score (nSPS) is 14.1. The molecule has 0 saturated heterocycles. The zero-order valence-corrected chi connectivity index (χ0v) is 14.4. The maximum Gasteiger partial charge on any atom is 0.407 e. The average Bonchev–Trinajstić information content (AvgIpc) is 2.42. The number of hydrogen-bond donors (Lipinski definition) is 2. The summed E-state index contributed by atoms with van der Waals surface area (Å²) in [4.78, 5) is 11.9. The molecule has 5 nitrogen and oxygen atoms in total. The Kier molecular flexibility index (Phi) is 5.83. The second kappa shape index (κ2) is 7.01. The van der Waals surface area contributed by atoms with Gasteiger partial charge in [-0.1, -0.05) is 25.1 Å². The molecule has 1 amide bonds. The molecule has 0 spiro atoms. The van der Waals surface area contributed by atoms with Crippen LogP contribution in [-0.2, 0) is 10.2 Å². The van der Waals surface area contributed by atoms with Crippen molar-refractivity contribution in [2.75, 3.05) is 20.2 Å². The van der Waals surface area contributed by atoms with Crippen molar-refractivity contribution in [3.05, 3.63) is 29.3 Å². The summed E-state index contributed by atoms with van der Waals surface area (Å²) in [5.41, 5.74) is 7.04. The summed E-state index contributed by atoms with van der Waals surface area (Å²) in [5, 5.41) is 2.80. The molecule has 0 aliphatic carbocycles. The van der Waals surface area contributed by atoms with Crippen LogP contribution in [0.25, 0.3) is 0 Å². The highest BCUT2D eigenvalue weighted by Crippen LogP contribution is 2.33. The number of alkyl carbamates (subject to hydrolysis) is 1. The molecule has 1 aromatic rings. The van der Waals surface area contributed by atoms with Gasteiger partial charge in [0.15, 0.2) is 0 Å². The van der Waals surface area contributed by atoms with Crippen LogP contribution in [0.4, 0.5) is 4.79 Å². The topological polar surface area (TPSA) is 73.6 Å². The first-order valence-corrected chi connectivity index (χ1v) is 7.44. The molecule has 0 bridgehead atoms. The number of aryl methyl sites for hydroxylation is 1. The standard InChI is InChI=1S/C17H28N2O3/c1-12-8-7-9-13(14(12)21-6)17(5,10-18)11-19-15(20)22-16(2,3)4/h7-9H,10-11,18H2,1-6H3,(H,19,20). The van der Waals surface area contributed by atoms with E-state index in [1.807, 2.05) is 52.8 Å². The lowest BCUT2D eigenvalue weighted by Gasteiger charge is -2.31. The predicted octanol–water partition coefficient (Wildman–Crippen LogP) is 2.74. The fraction of sp³-hybridized carbons (Fsp3) is 0.588. The molecule has 0 radical (unpaired) electrons. The number of carbonyl (C=O) groups excluding carboxylic acids is 1. The number of methoxy groups -OCH3 is 1. The van der Waals surface area contributed by atoms with Gasteiger partial charge in [0.1, 0.15) is 11.4 Å². The van der Waals surface area contributed by atoms with Crippen LogP contribution in [0.15, 0.2) is 18.2 Å². The van der Waals surface area contributed by atoms with Crippen LogP contribution in [0.1, 0.15) is 38.8 Å². The van der Waals surface area contributed by atoms with E-state index < -0.39 is 17.1 Å². The molecule has 0 aliphatic heterocycles. The van der Waals surface area contributed by atoms with Crippen LogP contribution in [0, 0.1) is 6.92 Å². The zero-order chi connectivity index (χ0) is 17.0. The van der Waals surface area contributed by atoms with Gasteiger partial charge < -0.3 is 20.5 Å². The van der Waals surface area contributed by atoms with Crippen LogP contribution in [0.5, 0.6) is 5.75 Å². The first-order valence-electron chi connectivity index (χ1n) is 7.44. The van der Waals surface area contributed by atoms with E-state index in [4.69, 9.17) is 15.2 Å². The zero-order valence-electron chi connectivity index (χ0n) is 14.4. The van der Waals surface area contributed by atoms with Gasteiger partial charge in [0.25, 0.3) is 0 Å². The highest BCUT2D eigenvalue weighted by atomic mass is 16.6. The van der Waals surface area contributed by atoms with Crippen molar-refractivity contribution in [3.8, 4) is 5.75 Å². The summed E-state index contributed by atoms with van der Waals surface area (Å²) in [6.07, 6.45) is -0.446. The van der Waals surface area contributed by atoms with Gasteiger partial charge in [-0.15, -0.1) is 0 Å². The van der Waals surface area contributed by atoms with Gasteiger partial charge in [-0.2, -0.15) is 0 Å². The lowest BCUT2D eigenvalue weighted by molar-refractivity contribution is 0.0516. The molecule has 0 fully saturated rings. The second-order valence-electron chi connectivity index (χ2n) is 6.78. The fourth-order valence-corrected chi connectivity index (χ4v) is 2.26. The van der Waals surface area contributed by atoms with E-state index in [0.717, 1.165) is 16.9 Å². The van der Waals surface area contributed by atoms with Crippen LogP contribution in [0.3, 0.4) is 0 Å². The van der Waals surface area contributed by atoms with Gasteiger partial charge in [-0.25, -0.2) is 4.79 Å². The third-order valence-electron chi connectivity index (χ3n) is 3.54. The number of para-hydroxylation sites is 1. The third kappa shape index (κ3) is 4.63. The van der Waals surface area contributed by atoms with E-state index in [-0.39, 0.29) is 0 Å². The summed E-state index contributed by atoms with van der Waals surface area (Å²) in [6, 6.07) is 5.94.